The maximum absolute atomic E-state index is 4.41. The van der Waals surface area contributed by atoms with Crippen LogP contribution in [0.25, 0.3) is 0 Å². The quantitative estimate of drug-likeness (QED) is 0.898. The fraction of sp³-hybridized carbons (Fsp3) is 0.769. The summed E-state index contributed by atoms with van der Waals surface area (Å²) in [6.07, 6.45) is 4.53. The molecule has 0 aromatic carbocycles. The first-order chi connectivity index (χ1) is 8.04. The molecule has 17 heavy (non-hydrogen) atoms. The van der Waals surface area contributed by atoms with E-state index in [2.05, 4.69) is 41.4 Å². The zero-order valence-corrected chi connectivity index (χ0v) is 11.9. The predicted molar refractivity (Wildman–Crippen MR) is 74.8 cm³/mol. The normalized spacial score (nSPS) is 21.8. The molecule has 0 amide bonds. The van der Waals surface area contributed by atoms with E-state index in [1.54, 1.807) is 11.3 Å². The van der Waals surface area contributed by atoms with Crippen molar-refractivity contribution in [2.45, 2.75) is 39.2 Å². The molecular weight excluding hydrogens is 230 g/mol. The van der Waals surface area contributed by atoms with Crippen LogP contribution in [0.15, 0.2) is 11.6 Å². The SMILES string of the molecule is CC(C)(C)NCC1CCCN(c2nccs2)C1. The lowest BCUT2D eigenvalue weighted by Gasteiger charge is -2.34. The van der Waals surface area contributed by atoms with Gasteiger partial charge in [0.25, 0.3) is 0 Å². The summed E-state index contributed by atoms with van der Waals surface area (Å²) in [6.45, 7) is 10.1. The average molecular weight is 253 g/mol. The third-order valence-corrected chi connectivity index (χ3v) is 3.96. The number of hydrogen-bond acceptors (Lipinski definition) is 4. The zero-order valence-electron chi connectivity index (χ0n) is 11.1. The first kappa shape index (κ1) is 12.8. The van der Waals surface area contributed by atoms with Crippen molar-refractivity contribution >= 4 is 16.5 Å². The Morgan fingerprint density at radius 2 is 2.35 bits per heavy atom. The molecule has 1 aromatic rings. The van der Waals surface area contributed by atoms with Gasteiger partial charge in [-0.3, -0.25) is 0 Å². The lowest BCUT2D eigenvalue weighted by molar-refractivity contribution is 0.335. The Balaban J connectivity index is 1.85. The molecule has 4 heteroatoms. The summed E-state index contributed by atoms with van der Waals surface area (Å²) in [6, 6.07) is 0. The van der Waals surface area contributed by atoms with E-state index >= 15 is 0 Å². The Bertz CT molecular complexity index is 329. The minimum Gasteiger partial charge on any atom is -0.348 e. The van der Waals surface area contributed by atoms with Gasteiger partial charge in [-0.25, -0.2) is 4.98 Å². The topological polar surface area (TPSA) is 28.2 Å². The Morgan fingerprint density at radius 1 is 1.53 bits per heavy atom. The summed E-state index contributed by atoms with van der Waals surface area (Å²) in [5, 5.41) is 6.86. The smallest absolute Gasteiger partial charge is 0.185 e. The molecule has 0 radical (unpaired) electrons. The number of rotatable bonds is 3. The van der Waals surface area contributed by atoms with Gasteiger partial charge in [0, 0.05) is 36.8 Å². The van der Waals surface area contributed by atoms with E-state index in [1.165, 1.54) is 24.5 Å². The van der Waals surface area contributed by atoms with Crippen LogP contribution in [0, 0.1) is 5.92 Å². The van der Waals surface area contributed by atoms with Crippen LogP contribution in [0.4, 0.5) is 5.13 Å². The summed E-state index contributed by atoms with van der Waals surface area (Å²) in [5.41, 5.74) is 0.226. The largest absolute Gasteiger partial charge is 0.348 e. The second-order valence-corrected chi connectivity index (χ2v) is 6.77. The molecule has 0 bridgehead atoms. The van der Waals surface area contributed by atoms with Crippen molar-refractivity contribution in [1.82, 2.24) is 10.3 Å². The second kappa shape index (κ2) is 5.36. The first-order valence-corrected chi connectivity index (χ1v) is 7.32. The van der Waals surface area contributed by atoms with Gasteiger partial charge in [-0.2, -0.15) is 0 Å². The maximum atomic E-state index is 4.41. The van der Waals surface area contributed by atoms with E-state index in [1.807, 2.05) is 6.20 Å². The summed E-state index contributed by atoms with van der Waals surface area (Å²) in [4.78, 5) is 6.84. The van der Waals surface area contributed by atoms with Crippen LogP contribution in [0.3, 0.4) is 0 Å². The van der Waals surface area contributed by atoms with Crippen molar-refractivity contribution in [2.24, 2.45) is 5.92 Å². The van der Waals surface area contributed by atoms with E-state index in [0.717, 1.165) is 19.0 Å². The highest BCUT2D eigenvalue weighted by Gasteiger charge is 2.22. The van der Waals surface area contributed by atoms with Gasteiger partial charge >= 0.3 is 0 Å². The van der Waals surface area contributed by atoms with Crippen LogP contribution >= 0.6 is 11.3 Å². The maximum Gasteiger partial charge on any atom is 0.185 e. The van der Waals surface area contributed by atoms with E-state index < -0.39 is 0 Å². The van der Waals surface area contributed by atoms with E-state index in [4.69, 9.17) is 0 Å². The molecule has 1 fully saturated rings. The van der Waals surface area contributed by atoms with Gasteiger partial charge in [-0.15, -0.1) is 11.3 Å². The molecule has 1 aliphatic rings. The van der Waals surface area contributed by atoms with Crippen LogP contribution in [-0.2, 0) is 0 Å². The molecule has 0 aliphatic carbocycles. The zero-order chi connectivity index (χ0) is 12.3. The number of nitrogens with one attached hydrogen (secondary N) is 1. The molecule has 1 N–H and O–H groups in total. The Morgan fingerprint density at radius 3 is 3.00 bits per heavy atom. The van der Waals surface area contributed by atoms with Gasteiger partial charge in [0.1, 0.15) is 0 Å². The van der Waals surface area contributed by atoms with Gasteiger partial charge in [0.05, 0.1) is 0 Å². The van der Waals surface area contributed by atoms with E-state index in [9.17, 15) is 0 Å². The average Bonchev–Trinajstić information content (AvgIpc) is 2.79. The predicted octanol–water partition coefficient (Wildman–Crippen LogP) is 2.75. The van der Waals surface area contributed by atoms with Crippen molar-refractivity contribution in [3.63, 3.8) is 0 Å². The fourth-order valence-electron chi connectivity index (χ4n) is 2.23. The first-order valence-electron chi connectivity index (χ1n) is 6.44. The molecule has 0 spiro atoms. The van der Waals surface area contributed by atoms with Crippen molar-refractivity contribution < 1.29 is 0 Å². The molecule has 3 nitrogen and oxygen atoms in total. The van der Waals surface area contributed by atoms with Crippen LogP contribution < -0.4 is 10.2 Å². The number of thiazole rings is 1. The number of nitrogens with zero attached hydrogens (tertiary/aromatic N) is 2. The number of piperidine rings is 1. The Hall–Kier alpha value is -0.610. The summed E-state index contributed by atoms with van der Waals surface area (Å²) >= 11 is 1.75. The summed E-state index contributed by atoms with van der Waals surface area (Å²) in [5.74, 6) is 0.756. The molecular formula is C13H23N3S. The van der Waals surface area contributed by atoms with Gasteiger partial charge in [0.2, 0.25) is 0 Å². The van der Waals surface area contributed by atoms with Gasteiger partial charge in [0.15, 0.2) is 5.13 Å². The minimum absolute atomic E-state index is 0.226. The third-order valence-electron chi connectivity index (χ3n) is 3.13. The molecule has 1 aliphatic heterocycles. The monoisotopic (exact) mass is 253 g/mol. The summed E-state index contributed by atoms with van der Waals surface area (Å²) < 4.78 is 0. The lowest BCUT2D eigenvalue weighted by atomic mass is 9.97. The van der Waals surface area contributed by atoms with Crippen molar-refractivity contribution in [2.75, 3.05) is 24.5 Å². The molecule has 2 rings (SSSR count). The van der Waals surface area contributed by atoms with Crippen molar-refractivity contribution in [3.8, 4) is 0 Å². The molecule has 0 saturated carbocycles. The van der Waals surface area contributed by atoms with E-state index in [0.29, 0.717) is 0 Å². The van der Waals surface area contributed by atoms with Crippen LogP contribution in [0.2, 0.25) is 0 Å². The molecule has 1 atom stereocenters. The highest BCUT2D eigenvalue weighted by atomic mass is 32.1. The third kappa shape index (κ3) is 3.96. The van der Waals surface area contributed by atoms with Crippen LogP contribution in [0.1, 0.15) is 33.6 Å². The summed E-state index contributed by atoms with van der Waals surface area (Å²) in [7, 11) is 0. The van der Waals surface area contributed by atoms with Gasteiger partial charge in [-0.1, -0.05) is 0 Å². The molecule has 1 saturated heterocycles. The lowest BCUT2D eigenvalue weighted by Crippen LogP contribution is -2.44. The highest BCUT2D eigenvalue weighted by Crippen LogP contribution is 2.24. The number of hydrogen-bond donors (Lipinski definition) is 1. The number of anilines is 1. The fourth-order valence-corrected chi connectivity index (χ4v) is 2.91. The molecule has 1 unspecified atom stereocenters. The van der Waals surface area contributed by atoms with Gasteiger partial charge < -0.3 is 10.2 Å². The van der Waals surface area contributed by atoms with Crippen LogP contribution in [-0.4, -0.2) is 30.2 Å². The van der Waals surface area contributed by atoms with Crippen molar-refractivity contribution in [3.05, 3.63) is 11.6 Å². The standard InChI is InChI=1S/C13H23N3S/c1-13(2,3)15-9-11-5-4-7-16(10-11)12-14-6-8-17-12/h6,8,11,15H,4-5,7,9-10H2,1-3H3. The van der Waals surface area contributed by atoms with E-state index in [-0.39, 0.29) is 5.54 Å². The van der Waals surface area contributed by atoms with Gasteiger partial charge in [-0.05, 0) is 39.5 Å². The Labute approximate surface area is 108 Å². The van der Waals surface area contributed by atoms with Crippen LogP contribution in [0.5, 0.6) is 0 Å². The molecule has 1 aromatic heterocycles. The highest BCUT2D eigenvalue weighted by molar-refractivity contribution is 7.13. The molecule has 96 valence electrons. The number of aromatic nitrogens is 1. The molecule has 2 heterocycles. The minimum atomic E-state index is 0.226. The van der Waals surface area contributed by atoms with Crippen molar-refractivity contribution in [1.29, 1.82) is 0 Å². The Kier molecular flexibility index (Phi) is 4.05. The second-order valence-electron chi connectivity index (χ2n) is 5.90.